The van der Waals surface area contributed by atoms with Crippen molar-refractivity contribution >= 4 is 23.4 Å². The molecule has 5 rings (SSSR count). The zero-order valence-corrected chi connectivity index (χ0v) is 18.5. The van der Waals surface area contributed by atoms with Gasteiger partial charge in [0.2, 0.25) is 5.91 Å². The third-order valence-corrected chi connectivity index (χ3v) is 6.44. The van der Waals surface area contributed by atoms with Crippen molar-refractivity contribution in [3.8, 4) is 0 Å². The van der Waals surface area contributed by atoms with E-state index in [4.69, 9.17) is 0 Å². The molecule has 2 aliphatic rings. The fraction of sp³-hybridized carbons (Fsp3) is 0.222. The molecular formula is C27H24FN3O3. The minimum absolute atomic E-state index is 0.0810. The van der Waals surface area contributed by atoms with Crippen molar-refractivity contribution < 1.29 is 18.8 Å². The Morgan fingerprint density at radius 2 is 1.71 bits per heavy atom. The number of para-hydroxylation sites is 1. The highest BCUT2D eigenvalue weighted by atomic mass is 19.1. The van der Waals surface area contributed by atoms with Crippen molar-refractivity contribution in [3.63, 3.8) is 0 Å². The predicted octanol–water partition coefficient (Wildman–Crippen LogP) is 3.91. The SMILES string of the molecule is O=C(NCc1ccccc1F)c1ccc(CN2C(=O)[C@@H]3CCCN3C(=O)c3ccccc32)cc1. The summed E-state index contributed by atoms with van der Waals surface area (Å²) in [6.07, 6.45) is 1.48. The van der Waals surface area contributed by atoms with E-state index < -0.39 is 6.04 Å². The van der Waals surface area contributed by atoms with Gasteiger partial charge in [0, 0.05) is 24.2 Å². The Hall–Kier alpha value is -4.00. The first-order chi connectivity index (χ1) is 16.5. The molecule has 172 valence electrons. The van der Waals surface area contributed by atoms with E-state index in [2.05, 4.69) is 5.32 Å². The molecule has 0 radical (unpaired) electrons. The highest BCUT2D eigenvalue weighted by Gasteiger charge is 2.41. The van der Waals surface area contributed by atoms with Gasteiger partial charge in [-0.1, -0.05) is 42.5 Å². The summed E-state index contributed by atoms with van der Waals surface area (Å²) in [5.41, 5.74) is 2.84. The minimum atomic E-state index is -0.441. The number of amides is 3. The van der Waals surface area contributed by atoms with Gasteiger partial charge in [0.25, 0.3) is 11.8 Å². The van der Waals surface area contributed by atoms with Gasteiger partial charge in [-0.3, -0.25) is 14.4 Å². The number of benzene rings is 3. The van der Waals surface area contributed by atoms with E-state index in [1.165, 1.54) is 6.07 Å². The van der Waals surface area contributed by atoms with E-state index in [1.807, 2.05) is 12.1 Å². The van der Waals surface area contributed by atoms with Crippen LogP contribution in [0.15, 0.2) is 72.8 Å². The lowest BCUT2D eigenvalue weighted by atomic mass is 10.1. The van der Waals surface area contributed by atoms with Crippen molar-refractivity contribution in [1.82, 2.24) is 10.2 Å². The van der Waals surface area contributed by atoms with Gasteiger partial charge < -0.3 is 15.1 Å². The van der Waals surface area contributed by atoms with E-state index in [-0.39, 0.29) is 30.1 Å². The van der Waals surface area contributed by atoms with Crippen molar-refractivity contribution in [2.24, 2.45) is 0 Å². The van der Waals surface area contributed by atoms with Gasteiger partial charge in [-0.15, -0.1) is 0 Å². The Balaban J connectivity index is 1.33. The van der Waals surface area contributed by atoms with E-state index in [0.717, 1.165) is 12.0 Å². The van der Waals surface area contributed by atoms with Crippen LogP contribution in [0.4, 0.5) is 10.1 Å². The maximum Gasteiger partial charge on any atom is 0.256 e. The van der Waals surface area contributed by atoms with E-state index in [0.29, 0.717) is 41.9 Å². The number of nitrogens with zero attached hydrogens (tertiary/aromatic N) is 2. The van der Waals surface area contributed by atoms with Crippen LogP contribution in [0.1, 0.15) is 44.7 Å². The van der Waals surface area contributed by atoms with Crippen molar-refractivity contribution in [3.05, 3.63) is 101 Å². The third-order valence-electron chi connectivity index (χ3n) is 6.44. The largest absolute Gasteiger partial charge is 0.348 e. The highest BCUT2D eigenvalue weighted by Crippen LogP contribution is 2.33. The Kier molecular flexibility index (Phi) is 5.84. The number of carbonyl (C=O) groups excluding carboxylic acids is 3. The van der Waals surface area contributed by atoms with Crippen LogP contribution >= 0.6 is 0 Å². The minimum Gasteiger partial charge on any atom is -0.348 e. The molecule has 3 amide bonds. The average Bonchev–Trinajstić information content (AvgIpc) is 3.34. The normalized spacial score (nSPS) is 17.3. The summed E-state index contributed by atoms with van der Waals surface area (Å²) in [4.78, 5) is 42.3. The molecule has 3 aromatic rings. The second kappa shape index (κ2) is 9.09. The Morgan fingerprint density at radius 1 is 0.971 bits per heavy atom. The maximum atomic E-state index is 13.8. The monoisotopic (exact) mass is 457 g/mol. The molecule has 34 heavy (non-hydrogen) atoms. The Bertz CT molecular complexity index is 1260. The molecule has 2 heterocycles. The van der Waals surface area contributed by atoms with Gasteiger partial charge in [-0.2, -0.15) is 0 Å². The molecule has 1 atom stereocenters. The number of nitrogens with one attached hydrogen (secondary N) is 1. The molecule has 6 nitrogen and oxygen atoms in total. The fourth-order valence-electron chi connectivity index (χ4n) is 4.64. The number of anilines is 1. The highest BCUT2D eigenvalue weighted by molar-refractivity contribution is 6.11. The molecule has 0 spiro atoms. The Morgan fingerprint density at radius 3 is 2.50 bits per heavy atom. The molecular weight excluding hydrogens is 433 g/mol. The molecule has 0 saturated carbocycles. The van der Waals surface area contributed by atoms with Crippen LogP contribution in [0.25, 0.3) is 0 Å². The van der Waals surface area contributed by atoms with Crippen molar-refractivity contribution in [2.45, 2.75) is 32.0 Å². The molecule has 1 N–H and O–H groups in total. The third kappa shape index (κ3) is 4.05. The molecule has 1 saturated heterocycles. The zero-order chi connectivity index (χ0) is 23.7. The lowest BCUT2D eigenvalue weighted by Crippen LogP contribution is -2.44. The number of halogens is 1. The molecule has 7 heteroatoms. The first-order valence-corrected chi connectivity index (χ1v) is 11.3. The number of carbonyl (C=O) groups is 3. The second-order valence-electron chi connectivity index (χ2n) is 8.57. The van der Waals surface area contributed by atoms with Gasteiger partial charge in [0.1, 0.15) is 11.9 Å². The summed E-state index contributed by atoms with van der Waals surface area (Å²) in [6.45, 7) is 0.983. The summed E-state index contributed by atoms with van der Waals surface area (Å²) < 4.78 is 13.8. The van der Waals surface area contributed by atoms with Crippen LogP contribution in [0.3, 0.4) is 0 Å². The Labute approximate surface area is 197 Å². The lowest BCUT2D eigenvalue weighted by Gasteiger charge is -2.26. The molecule has 2 aliphatic heterocycles. The zero-order valence-electron chi connectivity index (χ0n) is 18.5. The molecule has 1 fully saturated rings. The van der Waals surface area contributed by atoms with Crippen molar-refractivity contribution in [1.29, 1.82) is 0 Å². The predicted molar refractivity (Wildman–Crippen MR) is 126 cm³/mol. The summed E-state index contributed by atoms with van der Waals surface area (Å²) in [5.74, 6) is -0.851. The van der Waals surface area contributed by atoms with Crippen LogP contribution in [0, 0.1) is 5.82 Å². The smallest absolute Gasteiger partial charge is 0.256 e. The number of hydrogen-bond donors (Lipinski definition) is 1. The molecule has 0 unspecified atom stereocenters. The topological polar surface area (TPSA) is 69.7 Å². The maximum absolute atomic E-state index is 13.8. The number of hydrogen-bond acceptors (Lipinski definition) is 3. The van der Waals surface area contributed by atoms with E-state index in [1.54, 1.807) is 64.4 Å². The standard InChI is InChI=1S/C27H24FN3O3/c28-22-8-3-1-6-20(22)16-29-25(32)19-13-11-18(12-14-19)17-31-23-9-4-2-7-21(23)26(33)30-15-5-10-24(30)27(31)34/h1-4,6-9,11-14,24H,5,10,15-17H2,(H,29,32)/t24-/m0/s1. The van der Waals surface area contributed by atoms with Crippen molar-refractivity contribution in [2.75, 3.05) is 11.4 Å². The van der Waals surface area contributed by atoms with Gasteiger partial charge in [-0.25, -0.2) is 4.39 Å². The van der Waals surface area contributed by atoms with Crippen LogP contribution in [0.2, 0.25) is 0 Å². The lowest BCUT2D eigenvalue weighted by molar-refractivity contribution is -0.122. The summed E-state index contributed by atoms with van der Waals surface area (Å²) in [7, 11) is 0. The van der Waals surface area contributed by atoms with Gasteiger partial charge >= 0.3 is 0 Å². The number of fused-ring (bicyclic) bond motifs is 2. The first kappa shape index (κ1) is 21.8. The van der Waals surface area contributed by atoms with Crippen LogP contribution in [-0.2, 0) is 17.9 Å². The molecule has 0 aromatic heterocycles. The van der Waals surface area contributed by atoms with Gasteiger partial charge in [0.05, 0.1) is 17.8 Å². The van der Waals surface area contributed by atoms with Crippen LogP contribution < -0.4 is 10.2 Å². The van der Waals surface area contributed by atoms with Gasteiger partial charge in [-0.05, 0) is 48.7 Å². The van der Waals surface area contributed by atoms with E-state index >= 15 is 0 Å². The first-order valence-electron chi connectivity index (χ1n) is 11.3. The quantitative estimate of drug-likeness (QED) is 0.632. The van der Waals surface area contributed by atoms with Crippen LogP contribution in [0.5, 0.6) is 0 Å². The molecule has 0 aliphatic carbocycles. The van der Waals surface area contributed by atoms with Gasteiger partial charge in [0.15, 0.2) is 0 Å². The molecule has 0 bridgehead atoms. The fourth-order valence-corrected chi connectivity index (χ4v) is 4.64. The summed E-state index contributed by atoms with van der Waals surface area (Å²) in [5, 5.41) is 2.73. The molecule has 3 aromatic carbocycles. The summed E-state index contributed by atoms with van der Waals surface area (Å²) in [6, 6.07) is 20.0. The van der Waals surface area contributed by atoms with E-state index in [9.17, 15) is 18.8 Å². The van der Waals surface area contributed by atoms with Crippen LogP contribution in [-0.4, -0.2) is 35.2 Å². The second-order valence-corrected chi connectivity index (χ2v) is 8.57. The summed E-state index contributed by atoms with van der Waals surface area (Å²) >= 11 is 0. The number of rotatable bonds is 5. The average molecular weight is 458 g/mol.